The first-order valence-corrected chi connectivity index (χ1v) is 8.28. The Balaban J connectivity index is 1.93. The van der Waals surface area contributed by atoms with E-state index in [1.54, 1.807) is 34.9 Å². The zero-order chi connectivity index (χ0) is 12.1. The van der Waals surface area contributed by atoms with Gasteiger partial charge in [0.05, 0.1) is 0 Å². The molecule has 0 spiro atoms. The minimum absolute atomic E-state index is 0.780. The summed E-state index contributed by atoms with van der Waals surface area (Å²) in [6.07, 6.45) is 0. The van der Waals surface area contributed by atoms with E-state index in [4.69, 9.17) is 11.6 Å². The second-order valence-corrected chi connectivity index (χ2v) is 7.33. The molecule has 2 aromatic rings. The van der Waals surface area contributed by atoms with Crippen LogP contribution in [0.25, 0.3) is 0 Å². The molecule has 0 aliphatic carbocycles. The molecule has 0 fully saturated rings. The molecule has 1 aromatic heterocycles. The summed E-state index contributed by atoms with van der Waals surface area (Å²) in [6, 6.07) is 7.91. The lowest BCUT2D eigenvalue weighted by atomic mass is 10.2. The van der Waals surface area contributed by atoms with Crippen molar-refractivity contribution in [2.75, 3.05) is 5.75 Å². The number of benzene rings is 1. The van der Waals surface area contributed by atoms with Crippen molar-refractivity contribution in [1.29, 1.82) is 0 Å². The summed E-state index contributed by atoms with van der Waals surface area (Å²) >= 11 is 11.0. The number of thioether (sulfide) groups is 2. The topological polar surface area (TPSA) is 25.8 Å². The molecule has 90 valence electrons. The van der Waals surface area contributed by atoms with E-state index in [-0.39, 0.29) is 0 Å². The van der Waals surface area contributed by atoms with E-state index in [1.807, 2.05) is 18.2 Å². The third-order valence-corrected chi connectivity index (χ3v) is 5.29. The van der Waals surface area contributed by atoms with Crippen LogP contribution in [0.1, 0.15) is 12.5 Å². The molecular weight excluding hydrogens is 292 g/mol. The van der Waals surface area contributed by atoms with Crippen LogP contribution in [0.5, 0.6) is 0 Å². The van der Waals surface area contributed by atoms with E-state index in [1.165, 1.54) is 5.56 Å². The van der Waals surface area contributed by atoms with Crippen LogP contribution >= 0.6 is 46.5 Å². The maximum atomic E-state index is 5.93. The molecule has 0 aliphatic rings. The van der Waals surface area contributed by atoms with E-state index >= 15 is 0 Å². The summed E-state index contributed by atoms with van der Waals surface area (Å²) < 4.78 is 2.06. The van der Waals surface area contributed by atoms with Gasteiger partial charge >= 0.3 is 0 Å². The summed E-state index contributed by atoms with van der Waals surface area (Å²) in [5.41, 5.74) is 1.21. The standard InChI is InChI=1S/C11H11ClN2S3/c1-2-15-10-13-14-11(17-10)16-7-8-4-3-5-9(12)6-8/h3-6H,2,7H2,1H3. The molecule has 17 heavy (non-hydrogen) atoms. The van der Waals surface area contributed by atoms with E-state index in [9.17, 15) is 0 Å². The number of nitrogens with zero attached hydrogens (tertiary/aromatic N) is 2. The Kier molecular flexibility index (Phi) is 5.16. The summed E-state index contributed by atoms with van der Waals surface area (Å²) in [6.45, 7) is 2.12. The Bertz CT molecular complexity index is 487. The third kappa shape index (κ3) is 4.17. The number of halogens is 1. The quantitative estimate of drug-likeness (QED) is 0.754. The number of hydrogen-bond acceptors (Lipinski definition) is 5. The molecule has 0 aliphatic heterocycles. The van der Waals surface area contributed by atoms with Crippen LogP contribution in [0.3, 0.4) is 0 Å². The van der Waals surface area contributed by atoms with Crippen molar-refractivity contribution in [3.05, 3.63) is 34.9 Å². The molecule has 1 heterocycles. The molecule has 0 radical (unpaired) electrons. The molecule has 0 atom stereocenters. The fourth-order valence-electron chi connectivity index (χ4n) is 1.21. The fourth-order valence-corrected chi connectivity index (χ4v) is 4.28. The number of hydrogen-bond donors (Lipinski definition) is 0. The van der Waals surface area contributed by atoms with Gasteiger partial charge < -0.3 is 0 Å². The first-order valence-electron chi connectivity index (χ1n) is 5.11. The summed E-state index contributed by atoms with van der Waals surface area (Å²) in [7, 11) is 0. The van der Waals surface area contributed by atoms with Gasteiger partial charge in [-0.2, -0.15) is 0 Å². The lowest BCUT2D eigenvalue weighted by Crippen LogP contribution is -1.79. The highest BCUT2D eigenvalue weighted by molar-refractivity contribution is 8.02. The van der Waals surface area contributed by atoms with Crippen LogP contribution in [-0.2, 0) is 5.75 Å². The van der Waals surface area contributed by atoms with Gasteiger partial charge in [-0.15, -0.1) is 10.2 Å². The van der Waals surface area contributed by atoms with E-state index in [0.717, 1.165) is 25.2 Å². The normalized spacial score (nSPS) is 10.7. The Morgan fingerprint density at radius 2 is 2.00 bits per heavy atom. The molecule has 2 rings (SSSR count). The zero-order valence-corrected chi connectivity index (χ0v) is 12.4. The van der Waals surface area contributed by atoms with E-state index < -0.39 is 0 Å². The number of rotatable bonds is 5. The highest BCUT2D eigenvalue weighted by Gasteiger charge is 2.05. The first-order chi connectivity index (χ1) is 8.28. The SMILES string of the molecule is CCSc1nnc(SCc2cccc(Cl)c2)s1. The van der Waals surface area contributed by atoms with Gasteiger partial charge in [-0.3, -0.25) is 0 Å². The monoisotopic (exact) mass is 302 g/mol. The number of aromatic nitrogens is 2. The average molecular weight is 303 g/mol. The lowest BCUT2D eigenvalue weighted by Gasteiger charge is -1.98. The van der Waals surface area contributed by atoms with Gasteiger partial charge in [0.15, 0.2) is 8.68 Å². The predicted octanol–water partition coefficient (Wildman–Crippen LogP) is 4.60. The van der Waals surface area contributed by atoms with Crippen molar-refractivity contribution in [3.8, 4) is 0 Å². The highest BCUT2D eigenvalue weighted by atomic mass is 35.5. The van der Waals surface area contributed by atoms with Crippen LogP contribution in [0.4, 0.5) is 0 Å². The molecule has 6 heteroatoms. The Morgan fingerprint density at radius 1 is 1.24 bits per heavy atom. The van der Waals surface area contributed by atoms with Crippen molar-refractivity contribution >= 4 is 46.5 Å². The van der Waals surface area contributed by atoms with E-state index in [0.29, 0.717) is 0 Å². The van der Waals surface area contributed by atoms with Crippen LogP contribution < -0.4 is 0 Å². The molecule has 0 saturated carbocycles. The first kappa shape index (κ1) is 13.2. The van der Waals surface area contributed by atoms with Gasteiger partial charge in [0.2, 0.25) is 0 Å². The Morgan fingerprint density at radius 3 is 2.71 bits per heavy atom. The second kappa shape index (κ2) is 6.64. The lowest BCUT2D eigenvalue weighted by molar-refractivity contribution is 0.954. The van der Waals surface area contributed by atoms with E-state index in [2.05, 4.69) is 23.2 Å². The van der Waals surface area contributed by atoms with Crippen molar-refractivity contribution < 1.29 is 0 Å². The van der Waals surface area contributed by atoms with Gasteiger partial charge in [-0.25, -0.2) is 0 Å². The largest absolute Gasteiger partial charge is 0.175 e. The molecule has 0 saturated heterocycles. The fraction of sp³-hybridized carbons (Fsp3) is 0.273. The van der Waals surface area contributed by atoms with Crippen LogP contribution in [-0.4, -0.2) is 16.0 Å². The van der Waals surface area contributed by atoms with Crippen molar-refractivity contribution in [2.24, 2.45) is 0 Å². The van der Waals surface area contributed by atoms with Gasteiger partial charge in [0, 0.05) is 10.8 Å². The van der Waals surface area contributed by atoms with Crippen LogP contribution in [0.15, 0.2) is 32.9 Å². The average Bonchev–Trinajstić information content (AvgIpc) is 2.75. The van der Waals surface area contributed by atoms with Crippen LogP contribution in [0.2, 0.25) is 5.02 Å². The van der Waals surface area contributed by atoms with Gasteiger partial charge in [0.1, 0.15) is 0 Å². The van der Waals surface area contributed by atoms with Gasteiger partial charge in [-0.1, -0.05) is 65.5 Å². The summed E-state index contributed by atoms with van der Waals surface area (Å²) in [4.78, 5) is 0. The molecular formula is C11H11ClN2S3. The molecule has 0 amide bonds. The maximum absolute atomic E-state index is 5.93. The highest BCUT2D eigenvalue weighted by Crippen LogP contribution is 2.30. The van der Waals surface area contributed by atoms with Gasteiger partial charge in [-0.05, 0) is 23.4 Å². The molecule has 0 unspecified atom stereocenters. The summed E-state index contributed by atoms with van der Waals surface area (Å²) in [5.74, 6) is 1.92. The van der Waals surface area contributed by atoms with Crippen LogP contribution in [0, 0.1) is 0 Å². The van der Waals surface area contributed by atoms with Crippen molar-refractivity contribution in [2.45, 2.75) is 21.4 Å². The predicted molar refractivity (Wildman–Crippen MR) is 77.3 cm³/mol. The Hall–Kier alpha value is -0.230. The third-order valence-electron chi connectivity index (χ3n) is 1.91. The van der Waals surface area contributed by atoms with Crippen molar-refractivity contribution in [3.63, 3.8) is 0 Å². The molecule has 1 aromatic carbocycles. The van der Waals surface area contributed by atoms with Gasteiger partial charge in [0.25, 0.3) is 0 Å². The molecule has 0 N–H and O–H groups in total. The Labute approximate surface area is 118 Å². The zero-order valence-electron chi connectivity index (χ0n) is 9.22. The molecule has 2 nitrogen and oxygen atoms in total. The smallest absolute Gasteiger partial charge is 0.131 e. The molecule has 0 bridgehead atoms. The summed E-state index contributed by atoms with van der Waals surface area (Å²) in [5, 5.41) is 9.05. The second-order valence-electron chi connectivity index (χ2n) is 3.19. The maximum Gasteiger partial charge on any atom is 0.175 e. The minimum Gasteiger partial charge on any atom is -0.131 e. The van der Waals surface area contributed by atoms with Crippen molar-refractivity contribution in [1.82, 2.24) is 10.2 Å². The minimum atomic E-state index is 0.780.